The third kappa shape index (κ3) is 4.01. The smallest absolute Gasteiger partial charge is 0.254 e. The average molecular weight is 437 g/mol. The zero-order valence-electron chi connectivity index (χ0n) is 17.2. The summed E-state index contributed by atoms with van der Waals surface area (Å²) in [6.07, 6.45) is 2.10. The minimum atomic E-state index is -1.47. The van der Waals surface area contributed by atoms with Gasteiger partial charge in [0.2, 0.25) is 0 Å². The molecule has 2 fully saturated rings. The number of hydrogen-bond acceptors (Lipinski definition) is 7. The monoisotopic (exact) mass is 436 g/mol. The minimum Gasteiger partial charge on any atom is -0.493 e. The summed E-state index contributed by atoms with van der Waals surface area (Å²) in [6.45, 7) is 3.89. The topological polar surface area (TPSA) is 70.1 Å². The molecule has 4 rings (SSSR count). The third-order valence-electron chi connectivity index (χ3n) is 5.31. The molecule has 1 aromatic heterocycles. The molecule has 1 amide bonds. The van der Waals surface area contributed by atoms with Gasteiger partial charge in [-0.2, -0.15) is 0 Å². The molecule has 9 heteroatoms. The van der Waals surface area contributed by atoms with Crippen LogP contribution in [0, 0.1) is 0 Å². The predicted octanol–water partition coefficient (Wildman–Crippen LogP) is 3.39. The summed E-state index contributed by atoms with van der Waals surface area (Å²) in [5, 5.41) is 2.80. The Kier molecular flexibility index (Phi) is 5.69. The summed E-state index contributed by atoms with van der Waals surface area (Å²) >= 11 is 1.54. The molecule has 0 spiro atoms. The molecule has 0 radical (unpaired) electrons. The average Bonchev–Trinajstić information content (AvgIpc) is 3.40. The molecule has 30 heavy (non-hydrogen) atoms. The second kappa shape index (κ2) is 8.13. The van der Waals surface area contributed by atoms with Crippen molar-refractivity contribution >= 4 is 17.2 Å². The van der Waals surface area contributed by atoms with E-state index in [2.05, 4.69) is 4.98 Å². The van der Waals surface area contributed by atoms with Crippen LogP contribution < -0.4 is 9.47 Å². The van der Waals surface area contributed by atoms with Crippen LogP contribution in [0.3, 0.4) is 0 Å². The van der Waals surface area contributed by atoms with Gasteiger partial charge < -0.3 is 23.8 Å². The van der Waals surface area contributed by atoms with E-state index in [9.17, 15) is 9.18 Å². The SMILES string of the molecule is COc1cc(C(=O)N2CC[C@@]3(c4nccs4)OCOC3C2)ccc1OCC(C)(C)F. The Morgan fingerprint density at radius 1 is 1.43 bits per heavy atom. The first kappa shape index (κ1) is 21.0. The largest absolute Gasteiger partial charge is 0.493 e. The van der Waals surface area contributed by atoms with Crippen molar-refractivity contribution in [2.24, 2.45) is 0 Å². The lowest BCUT2D eigenvalue weighted by atomic mass is 9.89. The maximum absolute atomic E-state index is 13.7. The van der Waals surface area contributed by atoms with E-state index in [1.165, 1.54) is 32.3 Å². The van der Waals surface area contributed by atoms with Crippen LogP contribution in [-0.4, -0.2) is 61.2 Å². The fourth-order valence-electron chi connectivity index (χ4n) is 3.75. The highest BCUT2D eigenvalue weighted by atomic mass is 32.1. The molecule has 2 aliphatic heterocycles. The van der Waals surface area contributed by atoms with Gasteiger partial charge >= 0.3 is 0 Å². The number of alkyl halides is 1. The summed E-state index contributed by atoms with van der Waals surface area (Å²) < 4.78 is 36.4. The molecular formula is C21H25FN2O5S. The fraction of sp³-hybridized carbons (Fsp3) is 0.524. The molecule has 162 valence electrons. The van der Waals surface area contributed by atoms with Crippen LogP contribution >= 0.6 is 11.3 Å². The number of thiazole rings is 1. The number of fused-ring (bicyclic) bond motifs is 1. The highest BCUT2D eigenvalue weighted by molar-refractivity contribution is 7.09. The van der Waals surface area contributed by atoms with Crippen molar-refractivity contribution in [3.63, 3.8) is 0 Å². The zero-order chi connectivity index (χ0) is 21.4. The van der Waals surface area contributed by atoms with E-state index >= 15 is 0 Å². The van der Waals surface area contributed by atoms with Crippen LogP contribution in [0.2, 0.25) is 0 Å². The standard InChI is InChI=1S/C21H25FN2O5S/c1-20(2,22)12-27-15-5-4-14(10-16(15)26-3)18(25)24-8-6-21(19-23-7-9-30-19)17(11-24)28-13-29-21/h4-5,7,9-10,17H,6,8,11-13H2,1-3H3/t17?,21-/m1/s1. The van der Waals surface area contributed by atoms with E-state index < -0.39 is 11.3 Å². The van der Waals surface area contributed by atoms with Gasteiger partial charge in [0, 0.05) is 30.1 Å². The Morgan fingerprint density at radius 3 is 2.97 bits per heavy atom. The molecule has 2 aliphatic rings. The molecule has 3 heterocycles. The molecule has 1 aromatic carbocycles. The summed E-state index contributed by atoms with van der Waals surface area (Å²) in [5.41, 5.74) is -1.58. The Bertz CT molecular complexity index is 901. The maximum atomic E-state index is 13.7. The van der Waals surface area contributed by atoms with Crippen LogP contribution in [0.1, 0.15) is 35.6 Å². The summed E-state index contributed by atoms with van der Waals surface area (Å²) in [4.78, 5) is 19.3. The van der Waals surface area contributed by atoms with Crippen LogP contribution in [0.5, 0.6) is 11.5 Å². The molecule has 1 unspecified atom stereocenters. The Labute approximate surface area is 178 Å². The molecule has 0 saturated carbocycles. The van der Waals surface area contributed by atoms with Crippen molar-refractivity contribution in [1.82, 2.24) is 9.88 Å². The van der Waals surface area contributed by atoms with Gasteiger partial charge in [0.1, 0.15) is 30.2 Å². The summed E-state index contributed by atoms with van der Waals surface area (Å²) in [7, 11) is 1.49. The summed E-state index contributed by atoms with van der Waals surface area (Å²) in [5.74, 6) is 0.655. The molecular weight excluding hydrogens is 411 g/mol. The number of methoxy groups -OCH3 is 1. The van der Waals surface area contributed by atoms with Gasteiger partial charge in [0.05, 0.1) is 13.7 Å². The Morgan fingerprint density at radius 2 is 2.27 bits per heavy atom. The zero-order valence-corrected chi connectivity index (χ0v) is 18.0. The van der Waals surface area contributed by atoms with Crippen LogP contribution in [0.15, 0.2) is 29.8 Å². The lowest BCUT2D eigenvalue weighted by Gasteiger charge is -2.40. The number of amides is 1. The number of carbonyl (C=O) groups excluding carboxylic acids is 1. The predicted molar refractivity (Wildman–Crippen MR) is 109 cm³/mol. The van der Waals surface area contributed by atoms with Gasteiger partial charge in [-0.1, -0.05) is 0 Å². The number of likely N-dealkylation sites (tertiary alicyclic amines) is 1. The molecule has 2 saturated heterocycles. The van der Waals surface area contributed by atoms with Crippen molar-refractivity contribution in [2.75, 3.05) is 33.6 Å². The Balaban J connectivity index is 1.49. The minimum absolute atomic E-state index is 0.110. The van der Waals surface area contributed by atoms with Crippen LogP contribution in [0.4, 0.5) is 4.39 Å². The second-order valence-electron chi connectivity index (χ2n) is 8.02. The number of aromatic nitrogens is 1. The van der Waals surface area contributed by atoms with Crippen molar-refractivity contribution < 1.29 is 28.1 Å². The van der Waals surface area contributed by atoms with E-state index in [1.807, 2.05) is 5.38 Å². The van der Waals surface area contributed by atoms with E-state index in [0.717, 1.165) is 5.01 Å². The van der Waals surface area contributed by atoms with Crippen molar-refractivity contribution in [3.05, 3.63) is 40.3 Å². The molecule has 0 bridgehead atoms. The lowest BCUT2D eigenvalue weighted by molar-refractivity contribution is -0.0440. The molecule has 0 N–H and O–H groups in total. The Hall–Kier alpha value is -2.23. The van der Waals surface area contributed by atoms with E-state index in [0.29, 0.717) is 36.6 Å². The first-order valence-corrected chi connectivity index (χ1v) is 10.6. The number of halogens is 1. The van der Waals surface area contributed by atoms with Gasteiger partial charge in [-0.3, -0.25) is 4.79 Å². The number of piperidine rings is 1. The van der Waals surface area contributed by atoms with Gasteiger partial charge in [-0.25, -0.2) is 9.37 Å². The number of rotatable bonds is 6. The van der Waals surface area contributed by atoms with Crippen LogP contribution in [0.25, 0.3) is 0 Å². The molecule has 0 aliphatic carbocycles. The number of ether oxygens (including phenoxy) is 4. The first-order chi connectivity index (χ1) is 14.3. The van der Waals surface area contributed by atoms with E-state index in [4.69, 9.17) is 18.9 Å². The lowest BCUT2D eigenvalue weighted by Crippen LogP contribution is -2.53. The highest BCUT2D eigenvalue weighted by Crippen LogP contribution is 2.43. The molecule has 7 nitrogen and oxygen atoms in total. The van der Waals surface area contributed by atoms with Crippen molar-refractivity contribution in [2.45, 2.75) is 37.6 Å². The highest BCUT2D eigenvalue weighted by Gasteiger charge is 2.52. The van der Waals surface area contributed by atoms with E-state index in [1.54, 1.807) is 29.3 Å². The maximum Gasteiger partial charge on any atom is 0.254 e. The van der Waals surface area contributed by atoms with Crippen molar-refractivity contribution in [1.29, 1.82) is 0 Å². The van der Waals surface area contributed by atoms with Crippen LogP contribution in [-0.2, 0) is 15.1 Å². The van der Waals surface area contributed by atoms with Gasteiger partial charge in [-0.15, -0.1) is 11.3 Å². The number of hydrogen-bond donors (Lipinski definition) is 0. The second-order valence-corrected chi connectivity index (χ2v) is 8.91. The normalized spacial score (nSPS) is 23.9. The first-order valence-electron chi connectivity index (χ1n) is 9.77. The van der Waals surface area contributed by atoms with Gasteiger partial charge in [0.15, 0.2) is 17.1 Å². The van der Waals surface area contributed by atoms with Gasteiger partial charge in [0.25, 0.3) is 5.91 Å². The molecule has 2 aromatic rings. The number of nitrogens with zero attached hydrogens (tertiary/aromatic N) is 2. The third-order valence-corrected chi connectivity index (χ3v) is 6.24. The number of carbonyl (C=O) groups is 1. The molecule has 2 atom stereocenters. The quantitative estimate of drug-likeness (QED) is 0.691. The van der Waals surface area contributed by atoms with Crippen molar-refractivity contribution in [3.8, 4) is 11.5 Å². The van der Waals surface area contributed by atoms with Gasteiger partial charge in [-0.05, 0) is 32.0 Å². The number of benzene rings is 1. The van der Waals surface area contributed by atoms with E-state index in [-0.39, 0.29) is 25.4 Å². The summed E-state index contributed by atoms with van der Waals surface area (Å²) in [6, 6.07) is 4.93. The fourth-order valence-corrected chi connectivity index (χ4v) is 4.61.